The minimum Gasteiger partial charge on any atom is -0.496 e. The zero-order valence-electron chi connectivity index (χ0n) is 12.9. The van der Waals surface area contributed by atoms with Crippen LogP contribution in [0.25, 0.3) is 0 Å². The lowest BCUT2D eigenvalue weighted by molar-refractivity contribution is 0.101. The predicted octanol–water partition coefficient (Wildman–Crippen LogP) is 4.60. The Morgan fingerprint density at radius 1 is 1.05 bits per heavy atom. The van der Waals surface area contributed by atoms with Gasteiger partial charge in [-0.2, -0.15) is 0 Å². The lowest BCUT2D eigenvalue weighted by Gasteiger charge is -2.12. The summed E-state index contributed by atoms with van der Waals surface area (Å²) in [6.07, 6.45) is 0. The van der Waals surface area contributed by atoms with E-state index in [1.165, 1.54) is 5.56 Å². The van der Waals surface area contributed by atoms with Gasteiger partial charge in [-0.05, 0) is 50.1 Å². The molecule has 0 aliphatic carbocycles. The van der Waals surface area contributed by atoms with Crippen molar-refractivity contribution in [2.45, 2.75) is 25.7 Å². The summed E-state index contributed by atoms with van der Waals surface area (Å²) in [5.41, 5.74) is 4.06. The van der Waals surface area contributed by atoms with Gasteiger partial charge in [-0.3, -0.25) is 4.79 Å². The molecule has 2 aromatic rings. The molecule has 21 heavy (non-hydrogen) atoms. The van der Waals surface area contributed by atoms with Crippen molar-refractivity contribution in [1.29, 1.82) is 0 Å². The fourth-order valence-corrected chi connectivity index (χ4v) is 2.92. The molecule has 2 nitrogen and oxygen atoms in total. The molecule has 0 radical (unpaired) electrons. The zero-order chi connectivity index (χ0) is 15.4. The van der Waals surface area contributed by atoms with Crippen LogP contribution >= 0.6 is 11.8 Å². The van der Waals surface area contributed by atoms with Gasteiger partial charge in [-0.15, -0.1) is 11.8 Å². The average molecular weight is 300 g/mol. The molecule has 0 saturated carbocycles. The number of ketones is 1. The van der Waals surface area contributed by atoms with Crippen molar-refractivity contribution < 1.29 is 9.53 Å². The fraction of sp³-hybridized carbons (Fsp3) is 0.278. The molecule has 0 N–H and O–H groups in total. The number of aryl methyl sites for hydroxylation is 2. The molecule has 0 aliphatic heterocycles. The monoisotopic (exact) mass is 300 g/mol. The lowest BCUT2D eigenvalue weighted by Crippen LogP contribution is -2.06. The van der Waals surface area contributed by atoms with E-state index in [2.05, 4.69) is 19.1 Å². The van der Waals surface area contributed by atoms with Gasteiger partial charge >= 0.3 is 0 Å². The standard InChI is InChI=1S/C18H20O2S/c1-12-5-8-15(9-6-12)21-11-17(19)16-10-7-13(2)14(3)18(16)20-4/h5-10H,11H2,1-4H3. The molecule has 0 fully saturated rings. The molecular weight excluding hydrogens is 280 g/mol. The highest BCUT2D eigenvalue weighted by Crippen LogP contribution is 2.28. The van der Waals surface area contributed by atoms with Crippen molar-refractivity contribution in [2.75, 3.05) is 12.9 Å². The van der Waals surface area contributed by atoms with Gasteiger partial charge < -0.3 is 4.74 Å². The number of hydrogen-bond donors (Lipinski definition) is 0. The number of carbonyl (C=O) groups excluding carboxylic acids is 1. The van der Waals surface area contributed by atoms with Crippen LogP contribution in [0.15, 0.2) is 41.3 Å². The molecule has 0 unspecified atom stereocenters. The van der Waals surface area contributed by atoms with Gasteiger partial charge in [0.05, 0.1) is 18.4 Å². The molecule has 3 heteroatoms. The molecule has 110 valence electrons. The van der Waals surface area contributed by atoms with Crippen LogP contribution in [0, 0.1) is 20.8 Å². The van der Waals surface area contributed by atoms with Crippen LogP contribution in [0.4, 0.5) is 0 Å². The number of benzene rings is 2. The highest BCUT2D eigenvalue weighted by molar-refractivity contribution is 8.00. The van der Waals surface area contributed by atoms with Crippen molar-refractivity contribution in [2.24, 2.45) is 0 Å². The topological polar surface area (TPSA) is 26.3 Å². The van der Waals surface area contributed by atoms with Crippen molar-refractivity contribution in [3.63, 3.8) is 0 Å². The Hall–Kier alpha value is -1.74. The number of carbonyl (C=O) groups is 1. The second-order valence-corrected chi connectivity index (χ2v) is 6.16. The number of Topliss-reactive ketones (excluding diaryl/α,β-unsaturated/α-hetero) is 1. The third kappa shape index (κ3) is 3.67. The molecule has 2 rings (SSSR count). The van der Waals surface area contributed by atoms with Crippen LogP contribution in [0.1, 0.15) is 27.0 Å². The van der Waals surface area contributed by atoms with E-state index in [4.69, 9.17) is 4.74 Å². The van der Waals surface area contributed by atoms with E-state index in [9.17, 15) is 4.79 Å². The Morgan fingerprint density at radius 3 is 2.33 bits per heavy atom. The highest BCUT2D eigenvalue weighted by Gasteiger charge is 2.15. The Balaban J connectivity index is 2.13. The second kappa shape index (κ2) is 6.81. The van der Waals surface area contributed by atoms with E-state index in [0.717, 1.165) is 16.0 Å². The van der Waals surface area contributed by atoms with E-state index in [0.29, 0.717) is 17.1 Å². The smallest absolute Gasteiger partial charge is 0.176 e. The molecule has 0 bridgehead atoms. The van der Waals surface area contributed by atoms with E-state index < -0.39 is 0 Å². The maximum absolute atomic E-state index is 12.4. The van der Waals surface area contributed by atoms with Gasteiger partial charge in [0, 0.05) is 4.90 Å². The summed E-state index contributed by atoms with van der Waals surface area (Å²) in [5, 5.41) is 0. The van der Waals surface area contributed by atoms with E-state index in [-0.39, 0.29) is 5.78 Å². The summed E-state index contributed by atoms with van der Waals surface area (Å²) in [5.74, 6) is 1.21. The molecule has 0 atom stereocenters. The fourth-order valence-electron chi connectivity index (χ4n) is 2.13. The van der Waals surface area contributed by atoms with Crippen LogP contribution in [0.3, 0.4) is 0 Å². The Morgan fingerprint density at radius 2 is 1.71 bits per heavy atom. The summed E-state index contributed by atoms with van der Waals surface area (Å²) >= 11 is 1.56. The largest absolute Gasteiger partial charge is 0.496 e. The SMILES string of the molecule is COc1c(C(=O)CSc2ccc(C)cc2)ccc(C)c1C. The maximum atomic E-state index is 12.4. The molecule has 0 heterocycles. The van der Waals surface area contributed by atoms with Gasteiger partial charge in [0.15, 0.2) is 5.78 Å². The summed E-state index contributed by atoms with van der Waals surface area (Å²) in [6.45, 7) is 6.06. The quantitative estimate of drug-likeness (QED) is 0.596. The molecule has 0 aromatic heterocycles. The summed E-state index contributed by atoms with van der Waals surface area (Å²) < 4.78 is 5.42. The normalized spacial score (nSPS) is 10.5. The first-order valence-electron chi connectivity index (χ1n) is 6.89. The van der Waals surface area contributed by atoms with Gasteiger partial charge in [-0.25, -0.2) is 0 Å². The molecule has 0 saturated heterocycles. The first kappa shape index (κ1) is 15.6. The Bertz CT molecular complexity index is 645. The maximum Gasteiger partial charge on any atom is 0.176 e. The molecule has 2 aromatic carbocycles. The number of thioether (sulfide) groups is 1. The Labute approximate surface area is 130 Å². The average Bonchev–Trinajstić information content (AvgIpc) is 2.49. The summed E-state index contributed by atoms with van der Waals surface area (Å²) in [7, 11) is 1.62. The second-order valence-electron chi connectivity index (χ2n) is 5.11. The van der Waals surface area contributed by atoms with Crippen molar-refractivity contribution in [1.82, 2.24) is 0 Å². The molecule has 0 aliphatic rings. The van der Waals surface area contributed by atoms with E-state index in [1.807, 2.05) is 38.1 Å². The third-order valence-corrected chi connectivity index (χ3v) is 4.58. The minimum atomic E-state index is 0.0977. The highest BCUT2D eigenvalue weighted by atomic mass is 32.2. The van der Waals surface area contributed by atoms with E-state index in [1.54, 1.807) is 18.9 Å². The number of methoxy groups -OCH3 is 1. The first-order valence-corrected chi connectivity index (χ1v) is 7.88. The number of hydrogen-bond acceptors (Lipinski definition) is 3. The minimum absolute atomic E-state index is 0.0977. The van der Waals surface area contributed by atoms with Gasteiger partial charge in [0.25, 0.3) is 0 Å². The Kier molecular flexibility index (Phi) is 5.07. The molecule has 0 spiro atoms. The van der Waals surface area contributed by atoms with Crippen LogP contribution in [0.5, 0.6) is 5.75 Å². The predicted molar refractivity (Wildman–Crippen MR) is 88.7 cm³/mol. The first-order chi connectivity index (χ1) is 10.0. The third-order valence-electron chi connectivity index (χ3n) is 3.57. The van der Waals surface area contributed by atoms with Crippen LogP contribution in [-0.2, 0) is 0 Å². The summed E-state index contributed by atoms with van der Waals surface area (Å²) in [6, 6.07) is 12.0. The van der Waals surface area contributed by atoms with E-state index >= 15 is 0 Å². The molecular formula is C18H20O2S. The van der Waals surface area contributed by atoms with Crippen molar-refractivity contribution in [3.8, 4) is 5.75 Å². The van der Waals surface area contributed by atoms with Gasteiger partial charge in [0.2, 0.25) is 0 Å². The van der Waals surface area contributed by atoms with Crippen LogP contribution in [-0.4, -0.2) is 18.6 Å². The van der Waals surface area contributed by atoms with Gasteiger partial charge in [-0.1, -0.05) is 23.8 Å². The summed E-state index contributed by atoms with van der Waals surface area (Å²) in [4.78, 5) is 13.5. The lowest BCUT2D eigenvalue weighted by atomic mass is 10.0. The van der Waals surface area contributed by atoms with Crippen LogP contribution < -0.4 is 4.74 Å². The molecule has 0 amide bonds. The van der Waals surface area contributed by atoms with Crippen molar-refractivity contribution >= 4 is 17.5 Å². The number of rotatable bonds is 5. The van der Waals surface area contributed by atoms with Crippen molar-refractivity contribution in [3.05, 3.63) is 58.7 Å². The number of ether oxygens (including phenoxy) is 1. The van der Waals surface area contributed by atoms with Gasteiger partial charge in [0.1, 0.15) is 5.75 Å². The van der Waals surface area contributed by atoms with Crippen LogP contribution in [0.2, 0.25) is 0 Å². The zero-order valence-corrected chi connectivity index (χ0v) is 13.7.